The summed E-state index contributed by atoms with van der Waals surface area (Å²) in [5, 5.41) is 2.79. The second-order valence-corrected chi connectivity index (χ2v) is 3.33. The summed E-state index contributed by atoms with van der Waals surface area (Å²) >= 11 is 0. The van der Waals surface area contributed by atoms with Crippen molar-refractivity contribution in [2.45, 2.75) is 6.18 Å². The average Bonchev–Trinajstić information content (AvgIpc) is 2.29. The fourth-order valence-corrected chi connectivity index (χ4v) is 1.30. The van der Waals surface area contributed by atoms with Crippen LogP contribution in [0.3, 0.4) is 0 Å². The molecule has 0 saturated heterocycles. The predicted octanol–water partition coefficient (Wildman–Crippen LogP) is 3.24. The van der Waals surface area contributed by atoms with E-state index in [4.69, 9.17) is 0 Å². The molecule has 0 spiro atoms. The number of nitrogens with zero attached hydrogens (tertiary/aromatic N) is 2. The van der Waals surface area contributed by atoms with Gasteiger partial charge in [-0.25, -0.2) is 9.97 Å². The van der Waals surface area contributed by atoms with Crippen molar-refractivity contribution in [1.29, 1.82) is 0 Å². The zero-order chi connectivity index (χ0) is 12.3. The lowest BCUT2D eigenvalue weighted by Crippen LogP contribution is -2.05. The smallest absolute Gasteiger partial charge is 0.353 e. The van der Waals surface area contributed by atoms with E-state index in [1.807, 2.05) is 0 Å². The van der Waals surface area contributed by atoms with Gasteiger partial charge in [0.05, 0.1) is 23.6 Å². The number of nitrogens with one attached hydrogen (secondary N) is 1. The monoisotopic (exact) mass is 239 g/mol. The summed E-state index contributed by atoms with van der Waals surface area (Å²) in [7, 11) is 0. The van der Waals surface area contributed by atoms with Crippen molar-refractivity contribution in [3.63, 3.8) is 0 Å². The van der Waals surface area contributed by atoms with Gasteiger partial charge in [0, 0.05) is 5.69 Å². The zero-order valence-corrected chi connectivity index (χ0v) is 8.57. The predicted molar refractivity (Wildman–Crippen MR) is 56.8 cm³/mol. The van der Waals surface area contributed by atoms with Crippen molar-refractivity contribution >= 4 is 11.4 Å². The van der Waals surface area contributed by atoms with E-state index in [2.05, 4.69) is 15.3 Å². The van der Waals surface area contributed by atoms with E-state index in [0.717, 1.165) is 12.1 Å². The van der Waals surface area contributed by atoms with Gasteiger partial charge in [-0.05, 0) is 18.2 Å². The Kier molecular flexibility index (Phi) is 2.95. The molecule has 1 aromatic heterocycles. The second kappa shape index (κ2) is 4.40. The molecule has 0 aliphatic rings. The molecule has 0 aliphatic heterocycles. The fraction of sp³-hybridized carbons (Fsp3) is 0.0909. The summed E-state index contributed by atoms with van der Waals surface area (Å²) < 4.78 is 37.4. The number of aromatic nitrogens is 2. The normalized spacial score (nSPS) is 11.2. The quantitative estimate of drug-likeness (QED) is 0.874. The first-order valence-corrected chi connectivity index (χ1v) is 4.75. The minimum absolute atomic E-state index is 0.342. The van der Waals surface area contributed by atoms with Crippen LogP contribution in [-0.4, -0.2) is 9.97 Å². The van der Waals surface area contributed by atoms with Crippen molar-refractivity contribution < 1.29 is 13.2 Å². The van der Waals surface area contributed by atoms with Gasteiger partial charge in [-0.2, -0.15) is 13.2 Å². The molecule has 3 nitrogen and oxygen atoms in total. The molecule has 0 amide bonds. The standard InChI is InChI=1S/C11H8F3N3/c12-11(13,14)8-2-1-3-9(4-8)17-10-5-15-7-16-6-10/h1-7,17H. The van der Waals surface area contributed by atoms with E-state index in [1.54, 1.807) is 6.07 Å². The van der Waals surface area contributed by atoms with Crippen LogP contribution in [0.15, 0.2) is 43.0 Å². The molecule has 0 bridgehead atoms. The van der Waals surface area contributed by atoms with Gasteiger partial charge in [0.15, 0.2) is 0 Å². The van der Waals surface area contributed by atoms with Gasteiger partial charge in [0.25, 0.3) is 0 Å². The van der Waals surface area contributed by atoms with Crippen LogP contribution in [0, 0.1) is 0 Å². The van der Waals surface area contributed by atoms with Gasteiger partial charge < -0.3 is 5.32 Å². The maximum absolute atomic E-state index is 12.5. The highest BCUT2D eigenvalue weighted by atomic mass is 19.4. The first-order chi connectivity index (χ1) is 8.05. The fourth-order valence-electron chi connectivity index (χ4n) is 1.30. The molecule has 0 radical (unpaired) electrons. The number of hydrogen-bond acceptors (Lipinski definition) is 3. The molecule has 1 N–H and O–H groups in total. The maximum Gasteiger partial charge on any atom is 0.416 e. The maximum atomic E-state index is 12.5. The molecule has 2 rings (SSSR count). The van der Waals surface area contributed by atoms with Crippen LogP contribution in [0.25, 0.3) is 0 Å². The SMILES string of the molecule is FC(F)(F)c1cccc(Nc2cncnc2)c1. The lowest BCUT2D eigenvalue weighted by Gasteiger charge is -2.09. The van der Waals surface area contributed by atoms with Crippen LogP contribution in [0.2, 0.25) is 0 Å². The first-order valence-electron chi connectivity index (χ1n) is 4.75. The molecule has 88 valence electrons. The van der Waals surface area contributed by atoms with Gasteiger partial charge in [-0.1, -0.05) is 6.07 Å². The van der Waals surface area contributed by atoms with E-state index in [0.29, 0.717) is 11.4 Å². The molecule has 1 aromatic carbocycles. The first kappa shape index (κ1) is 11.4. The summed E-state index contributed by atoms with van der Waals surface area (Å²) in [4.78, 5) is 7.51. The average molecular weight is 239 g/mol. The molecule has 0 aliphatic carbocycles. The third-order valence-electron chi connectivity index (χ3n) is 2.04. The van der Waals surface area contributed by atoms with E-state index in [9.17, 15) is 13.2 Å². The molecule has 0 fully saturated rings. The van der Waals surface area contributed by atoms with Crippen LogP contribution in [0.4, 0.5) is 24.5 Å². The van der Waals surface area contributed by atoms with Gasteiger partial charge >= 0.3 is 6.18 Å². The van der Waals surface area contributed by atoms with E-state index in [1.165, 1.54) is 24.8 Å². The Balaban J connectivity index is 2.23. The number of rotatable bonds is 2. The molecule has 2 aromatic rings. The summed E-state index contributed by atoms with van der Waals surface area (Å²) in [6, 6.07) is 4.94. The van der Waals surface area contributed by atoms with Crippen molar-refractivity contribution in [3.8, 4) is 0 Å². The van der Waals surface area contributed by atoms with Crippen LogP contribution in [-0.2, 0) is 6.18 Å². The molecule has 0 unspecified atom stereocenters. The number of alkyl halides is 3. The molecular formula is C11H8F3N3. The lowest BCUT2D eigenvalue weighted by atomic mass is 10.2. The molecule has 0 atom stereocenters. The number of benzene rings is 1. The number of anilines is 2. The van der Waals surface area contributed by atoms with Crippen molar-refractivity contribution in [2.75, 3.05) is 5.32 Å². The van der Waals surface area contributed by atoms with Crippen LogP contribution in [0.1, 0.15) is 5.56 Å². The van der Waals surface area contributed by atoms with Crippen molar-refractivity contribution in [2.24, 2.45) is 0 Å². The zero-order valence-electron chi connectivity index (χ0n) is 8.57. The highest BCUT2D eigenvalue weighted by Crippen LogP contribution is 2.31. The minimum Gasteiger partial charge on any atom is -0.353 e. The van der Waals surface area contributed by atoms with Crippen LogP contribution >= 0.6 is 0 Å². The molecule has 0 saturated carbocycles. The number of hydrogen-bond donors (Lipinski definition) is 1. The van der Waals surface area contributed by atoms with Crippen LogP contribution in [0.5, 0.6) is 0 Å². The topological polar surface area (TPSA) is 37.8 Å². The summed E-state index contributed by atoms with van der Waals surface area (Å²) in [6.07, 6.45) is -0.0390. The van der Waals surface area contributed by atoms with Crippen molar-refractivity contribution in [1.82, 2.24) is 9.97 Å². The van der Waals surface area contributed by atoms with E-state index >= 15 is 0 Å². The Morgan fingerprint density at radius 1 is 1.00 bits per heavy atom. The van der Waals surface area contributed by atoms with Gasteiger partial charge in [-0.3, -0.25) is 0 Å². The highest BCUT2D eigenvalue weighted by Gasteiger charge is 2.30. The van der Waals surface area contributed by atoms with Gasteiger partial charge in [-0.15, -0.1) is 0 Å². The summed E-state index contributed by atoms with van der Waals surface area (Å²) in [5.41, 5.74) is 0.181. The van der Waals surface area contributed by atoms with Gasteiger partial charge in [0.1, 0.15) is 6.33 Å². The molecule has 6 heteroatoms. The minimum atomic E-state index is -4.34. The number of halogens is 3. The highest BCUT2D eigenvalue weighted by molar-refractivity contribution is 5.58. The Hall–Kier alpha value is -2.11. The Morgan fingerprint density at radius 3 is 2.35 bits per heavy atom. The molecule has 1 heterocycles. The summed E-state index contributed by atoms with van der Waals surface area (Å²) in [5.74, 6) is 0. The lowest BCUT2D eigenvalue weighted by molar-refractivity contribution is -0.137. The van der Waals surface area contributed by atoms with E-state index in [-0.39, 0.29) is 0 Å². The third kappa shape index (κ3) is 2.93. The molecule has 17 heavy (non-hydrogen) atoms. The third-order valence-corrected chi connectivity index (χ3v) is 2.04. The van der Waals surface area contributed by atoms with Gasteiger partial charge in [0.2, 0.25) is 0 Å². The Bertz CT molecular complexity index is 497. The molecular weight excluding hydrogens is 231 g/mol. The second-order valence-electron chi connectivity index (χ2n) is 3.33. The Morgan fingerprint density at radius 2 is 1.71 bits per heavy atom. The van der Waals surface area contributed by atoms with E-state index < -0.39 is 11.7 Å². The Labute approximate surface area is 95.3 Å². The van der Waals surface area contributed by atoms with Crippen LogP contribution < -0.4 is 5.32 Å². The van der Waals surface area contributed by atoms with Crippen molar-refractivity contribution in [3.05, 3.63) is 48.5 Å². The summed E-state index contributed by atoms with van der Waals surface area (Å²) in [6.45, 7) is 0. The largest absolute Gasteiger partial charge is 0.416 e.